The number of carbonyl (C=O) groups is 2. The lowest BCUT2D eigenvalue weighted by atomic mass is 9.93. The van der Waals surface area contributed by atoms with Crippen LogP contribution in [0.15, 0.2) is 35.7 Å². The molecule has 0 bridgehead atoms. The number of rotatable bonds is 5. The van der Waals surface area contributed by atoms with Gasteiger partial charge in [-0.05, 0) is 54.0 Å². The number of hydrogen-bond donors (Lipinski definition) is 1. The Bertz CT molecular complexity index is 840. The highest BCUT2D eigenvalue weighted by atomic mass is 32.1. The monoisotopic (exact) mass is 398 g/mol. The van der Waals surface area contributed by atoms with E-state index < -0.39 is 0 Å². The number of fused-ring (bicyclic) bond motifs is 1. The highest BCUT2D eigenvalue weighted by molar-refractivity contribution is 7.10. The number of carbonyl (C=O) groups excluding carboxylic acids is 2. The Hall–Kier alpha value is -2.18. The Balaban J connectivity index is 1.55. The maximum absolute atomic E-state index is 12.6. The molecule has 148 valence electrons. The normalized spacial score (nSPS) is 19.5. The van der Waals surface area contributed by atoms with Crippen LogP contribution in [0.4, 0.5) is 5.69 Å². The molecule has 5 nitrogen and oxygen atoms in total. The first-order valence-corrected chi connectivity index (χ1v) is 10.8. The van der Waals surface area contributed by atoms with E-state index in [1.54, 1.807) is 18.4 Å². The number of hydrogen-bond acceptors (Lipinski definition) is 4. The highest BCUT2D eigenvalue weighted by Crippen LogP contribution is 2.38. The molecule has 0 radical (unpaired) electrons. The molecule has 1 atom stereocenters. The summed E-state index contributed by atoms with van der Waals surface area (Å²) in [6.07, 6.45) is 5.15. The fraction of sp³-hybridized carbons (Fsp3) is 0.455. The molecule has 0 spiro atoms. The zero-order valence-corrected chi connectivity index (χ0v) is 17.0. The van der Waals surface area contributed by atoms with E-state index >= 15 is 0 Å². The predicted molar refractivity (Wildman–Crippen MR) is 110 cm³/mol. The molecule has 0 saturated heterocycles. The van der Waals surface area contributed by atoms with Crippen LogP contribution in [0, 0.1) is 5.92 Å². The quantitative estimate of drug-likeness (QED) is 0.828. The van der Waals surface area contributed by atoms with E-state index in [4.69, 9.17) is 4.74 Å². The number of anilines is 1. The van der Waals surface area contributed by atoms with Gasteiger partial charge in [0.25, 0.3) is 0 Å². The third kappa shape index (κ3) is 3.84. The van der Waals surface area contributed by atoms with Gasteiger partial charge in [-0.1, -0.05) is 25.0 Å². The SMILES string of the molecule is COCC(=O)N1CCc2sccc2[C@H]1c1ccc(NC(=O)C2CCCC2)cc1. The van der Waals surface area contributed by atoms with Crippen molar-refractivity contribution in [3.63, 3.8) is 0 Å². The number of benzene rings is 1. The molecule has 1 aromatic heterocycles. The van der Waals surface area contributed by atoms with Crippen LogP contribution in [0.3, 0.4) is 0 Å². The molecule has 1 aliphatic carbocycles. The van der Waals surface area contributed by atoms with Gasteiger partial charge in [0, 0.05) is 30.1 Å². The summed E-state index contributed by atoms with van der Waals surface area (Å²) in [6, 6.07) is 9.96. The molecule has 1 aliphatic heterocycles. The molecule has 1 saturated carbocycles. The van der Waals surface area contributed by atoms with Gasteiger partial charge in [-0.3, -0.25) is 9.59 Å². The Labute approximate surface area is 169 Å². The van der Waals surface area contributed by atoms with Crippen molar-refractivity contribution in [2.24, 2.45) is 5.92 Å². The predicted octanol–water partition coefficient (Wildman–Crippen LogP) is 4.00. The van der Waals surface area contributed by atoms with E-state index in [1.165, 1.54) is 10.4 Å². The molecule has 2 aromatic rings. The lowest BCUT2D eigenvalue weighted by Gasteiger charge is -2.36. The second-order valence-electron chi connectivity index (χ2n) is 7.56. The average molecular weight is 399 g/mol. The molecular weight excluding hydrogens is 372 g/mol. The summed E-state index contributed by atoms with van der Waals surface area (Å²) in [4.78, 5) is 28.2. The minimum Gasteiger partial charge on any atom is -0.375 e. The van der Waals surface area contributed by atoms with Gasteiger partial charge >= 0.3 is 0 Å². The Kier molecular flexibility index (Phi) is 5.78. The summed E-state index contributed by atoms with van der Waals surface area (Å²) in [5.74, 6) is 0.274. The van der Waals surface area contributed by atoms with E-state index in [9.17, 15) is 9.59 Å². The largest absolute Gasteiger partial charge is 0.375 e. The molecule has 6 heteroatoms. The standard InChI is InChI=1S/C22H26N2O3S/c1-27-14-20(25)24-12-10-19-18(11-13-28-19)21(24)15-6-8-17(9-7-15)23-22(26)16-4-2-3-5-16/h6-9,11,13,16,21H,2-5,10,12,14H2,1H3,(H,23,26)/t21-/m1/s1. The number of methoxy groups -OCH3 is 1. The van der Waals surface area contributed by atoms with Crippen molar-refractivity contribution >= 4 is 28.8 Å². The fourth-order valence-corrected chi connectivity index (χ4v) is 5.24. The van der Waals surface area contributed by atoms with Crippen LogP contribution in [0.2, 0.25) is 0 Å². The molecule has 1 fully saturated rings. The molecular formula is C22H26N2O3S. The van der Waals surface area contributed by atoms with E-state index in [2.05, 4.69) is 16.8 Å². The summed E-state index contributed by atoms with van der Waals surface area (Å²) in [5, 5.41) is 5.14. The van der Waals surface area contributed by atoms with Gasteiger partial charge in [-0.2, -0.15) is 0 Å². The summed E-state index contributed by atoms with van der Waals surface area (Å²) in [5.41, 5.74) is 3.07. The Morgan fingerprint density at radius 1 is 1.18 bits per heavy atom. The van der Waals surface area contributed by atoms with Crippen molar-refractivity contribution in [3.8, 4) is 0 Å². The van der Waals surface area contributed by atoms with Crippen LogP contribution in [0.5, 0.6) is 0 Å². The second-order valence-corrected chi connectivity index (χ2v) is 8.57. The minimum atomic E-state index is -0.0998. The van der Waals surface area contributed by atoms with Crippen LogP contribution in [0.25, 0.3) is 0 Å². The van der Waals surface area contributed by atoms with Gasteiger partial charge in [-0.25, -0.2) is 0 Å². The average Bonchev–Trinajstić information content (AvgIpc) is 3.40. The Morgan fingerprint density at radius 3 is 2.64 bits per heavy atom. The summed E-state index contributed by atoms with van der Waals surface area (Å²) < 4.78 is 5.09. The number of nitrogens with one attached hydrogen (secondary N) is 1. The lowest BCUT2D eigenvalue weighted by Crippen LogP contribution is -2.41. The first-order chi connectivity index (χ1) is 13.7. The first-order valence-electron chi connectivity index (χ1n) is 9.93. The molecule has 1 N–H and O–H groups in total. The number of amides is 2. The van der Waals surface area contributed by atoms with E-state index in [1.807, 2.05) is 29.2 Å². The molecule has 28 heavy (non-hydrogen) atoms. The summed E-state index contributed by atoms with van der Waals surface area (Å²) >= 11 is 1.75. The molecule has 2 aliphatic rings. The van der Waals surface area contributed by atoms with Crippen LogP contribution < -0.4 is 5.32 Å². The van der Waals surface area contributed by atoms with Crippen molar-refractivity contribution in [2.45, 2.75) is 38.1 Å². The molecule has 2 amide bonds. The van der Waals surface area contributed by atoms with Crippen LogP contribution in [-0.2, 0) is 20.7 Å². The fourth-order valence-electron chi connectivity index (χ4n) is 4.33. The molecule has 4 rings (SSSR count). The van der Waals surface area contributed by atoms with Gasteiger partial charge in [0.15, 0.2) is 0 Å². The molecule has 1 aromatic carbocycles. The molecule has 2 heterocycles. The van der Waals surface area contributed by atoms with E-state index in [0.29, 0.717) is 6.54 Å². The summed E-state index contributed by atoms with van der Waals surface area (Å²) in [6.45, 7) is 0.784. The van der Waals surface area contributed by atoms with Gasteiger partial charge in [0.2, 0.25) is 11.8 Å². The highest BCUT2D eigenvalue weighted by Gasteiger charge is 2.32. The van der Waals surface area contributed by atoms with Gasteiger partial charge in [-0.15, -0.1) is 11.3 Å². The lowest BCUT2D eigenvalue weighted by molar-refractivity contribution is -0.137. The van der Waals surface area contributed by atoms with Gasteiger partial charge in [0.1, 0.15) is 6.61 Å². The maximum Gasteiger partial charge on any atom is 0.249 e. The Morgan fingerprint density at radius 2 is 1.93 bits per heavy atom. The number of ether oxygens (including phenoxy) is 1. The number of nitrogens with zero attached hydrogens (tertiary/aromatic N) is 1. The van der Waals surface area contributed by atoms with Crippen molar-refractivity contribution in [3.05, 3.63) is 51.7 Å². The summed E-state index contributed by atoms with van der Waals surface area (Å²) in [7, 11) is 1.55. The van der Waals surface area contributed by atoms with Crippen LogP contribution >= 0.6 is 11.3 Å². The van der Waals surface area contributed by atoms with Crippen molar-refractivity contribution in [1.82, 2.24) is 4.90 Å². The van der Waals surface area contributed by atoms with Gasteiger partial charge in [0.05, 0.1) is 6.04 Å². The second kappa shape index (κ2) is 8.45. The topological polar surface area (TPSA) is 58.6 Å². The van der Waals surface area contributed by atoms with E-state index in [-0.39, 0.29) is 30.4 Å². The third-order valence-corrected chi connectivity index (χ3v) is 6.77. The minimum absolute atomic E-state index is 0.00274. The smallest absolute Gasteiger partial charge is 0.249 e. The maximum atomic E-state index is 12.6. The van der Waals surface area contributed by atoms with Gasteiger partial charge < -0.3 is 15.0 Å². The number of thiophene rings is 1. The van der Waals surface area contributed by atoms with Crippen molar-refractivity contribution in [2.75, 3.05) is 25.6 Å². The van der Waals surface area contributed by atoms with Crippen LogP contribution in [0.1, 0.15) is 47.7 Å². The third-order valence-electron chi connectivity index (χ3n) is 5.77. The van der Waals surface area contributed by atoms with Crippen molar-refractivity contribution in [1.29, 1.82) is 0 Å². The first kappa shape index (κ1) is 19.2. The van der Waals surface area contributed by atoms with E-state index in [0.717, 1.165) is 43.4 Å². The van der Waals surface area contributed by atoms with Crippen molar-refractivity contribution < 1.29 is 14.3 Å². The molecule has 0 unspecified atom stereocenters. The van der Waals surface area contributed by atoms with Crippen LogP contribution in [-0.4, -0.2) is 37.0 Å². The zero-order valence-electron chi connectivity index (χ0n) is 16.1. The zero-order chi connectivity index (χ0) is 19.5.